The molecule has 0 aliphatic rings. The van der Waals surface area contributed by atoms with E-state index in [9.17, 15) is 9.59 Å². The van der Waals surface area contributed by atoms with Gasteiger partial charge in [-0.1, -0.05) is 23.4 Å². The number of carbonyl (C=O) groups excluding carboxylic acids is 1. The third-order valence-corrected chi connectivity index (χ3v) is 4.78. The SMILES string of the molecule is CCNC(=O)CSc1nc2cc(Cl)ccc2c(=O)n1CCCOC(C)C. The van der Waals surface area contributed by atoms with Crippen molar-refractivity contribution in [2.24, 2.45) is 0 Å². The van der Waals surface area contributed by atoms with Gasteiger partial charge in [0.2, 0.25) is 5.91 Å². The highest BCUT2D eigenvalue weighted by molar-refractivity contribution is 7.99. The van der Waals surface area contributed by atoms with Crippen LogP contribution in [0.5, 0.6) is 0 Å². The number of fused-ring (bicyclic) bond motifs is 1. The molecule has 26 heavy (non-hydrogen) atoms. The summed E-state index contributed by atoms with van der Waals surface area (Å²) in [7, 11) is 0. The highest BCUT2D eigenvalue weighted by Crippen LogP contribution is 2.20. The minimum atomic E-state index is -0.130. The molecule has 1 heterocycles. The quantitative estimate of drug-likeness (QED) is 0.400. The molecule has 1 aromatic heterocycles. The Balaban J connectivity index is 2.30. The number of thioether (sulfide) groups is 1. The molecule has 0 saturated heterocycles. The maximum absolute atomic E-state index is 12.9. The minimum absolute atomic E-state index is 0.0902. The normalized spacial score (nSPS) is 11.3. The van der Waals surface area contributed by atoms with Gasteiger partial charge in [0.1, 0.15) is 0 Å². The number of carbonyl (C=O) groups is 1. The van der Waals surface area contributed by atoms with Crippen LogP contribution in [0, 0.1) is 0 Å². The van der Waals surface area contributed by atoms with Gasteiger partial charge in [-0.25, -0.2) is 4.98 Å². The van der Waals surface area contributed by atoms with Crippen LogP contribution in [0.1, 0.15) is 27.2 Å². The second-order valence-corrected chi connectivity index (χ2v) is 7.41. The molecule has 1 N–H and O–H groups in total. The van der Waals surface area contributed by atoms with Crippen LogP contribution in [0.25, 0.3) is 10.9 Å². The lowest BCUT2D eigenvalue weighted by atomic mass is 10.2. The molecule has 8 heteroatoms. The number of benzene rings is 1. The molecule has 2 rings (SSSR count). The molecule has 6 nitrogen and oxygen atoms in total. The monoisotopic (exact) mass is 397 g/mol. The predicted octanol–water partition coefficient (Wildman–Crippen LogP) is 3.09. The Kier molecular flexibility index (Phi) is 7.93. The first-order valence-electron chi connectivity index (χ1n) is 8.63. The van der Waals surface area contributed by atoms with Crippen molar-refractivity contribution in [2.45, 2.75) is 45.0 Å². The first-order valence-corrected chi connectivity index (χ1v) is 10.00. The van der Waals surface area contributed by atoms with E-state index < -0.39 is 0 Å². The summed E-state index contributed by atoms with van der Waals surface area (Å²) in [5, 5.41) is 4.30. The molecule has 142 valence electrons. The number of nitrogens with zero attached hydrogens (tertiary/aromatic N) is 2. The van der Waals surface area contributed by atoms with E-state index in [-0.39, 0.29) is 23.3 Å². The molecule has 0 radical (unpaired) electrons. The average molecular weight is 398 g/mol. The highest BCUT2D eigenvalue weighted by Gasteiger charge is 2.13. The van der Waals surface area contributed by atoms with Gasteiger partial charge >= 0.3 is 0 Å². The summed E-state index contributed by atoms with van der Waals surface area (Å²) in [5.74, 6) is 0.113. The zero-order valence-corrected chi connectivity index (χ0v) is 16.8. The van der Waals surface area contributed by atoms with Crippen LogP contribution in [0.3, 0.4) is 0 Å². The zero-order valence-electron chi connectivity index (χ0n) is 15.3. The van der Waals surface area contributed by atoms with E-state index in [4.69, 9.17) is 16.3 Å². The summed E-state index contributed by atoms with van der Waals surface area (Å²) in [6.45, 7) is 7.42. The van der Waals surface area contributed by atoms with E-state index >= 15 is 0 Å². The van der Waals surface area contributed by atoms with Crippen LogP contribution in [-0.2, 0) is 16.1 Å². The standard InChI is InChI=1S/C18H24ClN3O3S/c1-4-20-16(23)11-26-18-21-15-10-13(19)6-7-14(15)17(24)22(18)8-5-9-25-12(2)3/h6-7,10,12H,4-5,8-9,11H2,1-3H3,(H,20,23). The number of amides is 1. The molecule has 1 aromatic carbocycles. The molecule has 1 amide bonds. The van der Waals surface area contributed by atoms with Gasteiger partial charge in [-0.15, -0.1) is 0 Å². The van der Waals surface area contributed by atoms with E-state index in [1.165, 1.54) is 11.8 Å². The van der Waals surface area contributed by atoms with Gasteiger partial charge in [-0.05, 0) is 45.4 Å². The molecule has 0 fully saturated rings. The maximum Gasteiger partial charge on any atom is 0.262 e. The number of halogens is 1. The smallest absolute Gasteiger partial charge is 0.262 e. The number of rotatable bonds is 9. The molecule has 0 bridgehead atoms. The van der Waals surface area contributed by atoms with Crippen molar-refractivity contribution in [3.8, 4) is 0 Å². The summed E-state index contributed by atoms with van der Waals surface area (Å²) >= 11 is 7.28. The molecule has 0 saturated carbocycles. The summed E-state index contributed by atoms with van der Waals surface area (Å²) in [6.07, 6.45) is 0.836. The second-order valence-electron chi connectivity index (χ2n) is 6.03. The van der Waals surface area contributed by atoms with Crippen molar-refractivity contribution >= 4 is 40.2 Å². The molecule has 0 spiro atoms. The molecule has 2 aromatic rings. The van der Waals surface area contributed by atoms with Crippen LogP contribution in [0.2, 0.25) is 5.02 Å². The van der Waals surface area contributed by atoms with Crippen LogP contribution in [0.4, 0.5) is 0 Å². The summed E-state index contributed by atoms with van der Waals surface area (Å²) < 4.78 is 7.17. The Morgan fingerprint density at radius 2 is 2.19 bits per heavy atom. The lowest BCUT2D eigenvalue weighted by molar-refractivity contribution is -0.118. The summed E-state index contributed by atoms with van der Waals surface area (Å²) in [5.41, 5.74) is 0.408. The van der Waals surface area contributed by atoms with Gasteiger partial charge in [0, 0.05) is 24.7 Å². The molecular formula is C18H24ClN3O3S. The van der Waals surface area contributed by atoms with E-state index in [0.717, 1.165) is 0 Å². The second kappa shape index (κ2) is 9.94. The van der Waals surface area contributed by atoms with Crippen molar-refractivity contribution in [3.05, 3.63) is 33.6 Å². The Bertz CT molecular complexity index is 823. The first-order chi connectivity index (χ1) is 12.4. The molecule has 0 aliphatic heterocycles. The fourth-order valence-corrected chi connectivity index (χ4v) is 3.42. The fraction of sp³-hybridized carbons (Fsp3) is 0.500. The topological polar surface area (TPSA) is 73.2 Å². The Morgan fingerprint density at radius 3 is 2.88 bits per heavy atom. The van der Waals surface area contributed by atoms with Crippen molar-refractivity contribution in [1.29, 1.82) is 0 Å². The van der Waals surface area contributed by atoms with E-state index in [1.807, 2.05) is 20.8 Å². The van der Waals surface area contributed by atoms with Crippen molar-refractivity contribution < 1.29 is 9.53 Å². The number of hydrogen-bond acceptors (Lipinski definition) is 5. The number of aromatic nitrogens is 2. The van der Waals surface area contributed by atoms with Gasteiger partial charge in [-0.2, -0.15) is 0 Å². The average Bonchev–Trinajstić information content (AvgIpc) is 2.58. The van der Waals surface area contributed by atoms with E-state index in [2.05, 4.69) is 10.3 Å². The lowest BCUT2D eigenvalue weighted by Crippen LogP contribution is -2.27. The van der Waals surface area contributed by atoms with Gasteiger partial charge < -0.3 is 10.1 Å². The largest absolute Gasteiger partial charge is 0.379 e. The van der Waals surface area contributed by atoms with Crippen LogP contribution >= 0.6 is 23.4 Å². The fourth-order valence-electron chi connectivity index (χ4n) is 2.40. The van der Waals surface area contributed by atoms with Crippen molar-refractivity contribution in [1.82, 2.24) is 14.9 Å². The number of hydrogen-bond donors (Lipinski definition) is 1. The van der Waals surface area contributed by atoms with Gasteiger partial charge in [-0.3, -0.25) is 14.2 Å². The first kappa shape index (κ1) is 20.7. The Labute approximate surface area is 162 Å². The molecule has 0 aliphatic carbocycles. The Morgan fingerprint density at radius 1 is 1.42 bits per heavy atom. The van der Waals surface area contributed by atoms with Crippen molar-refractivity contribution in [2.75, 3.05) is 18.9 Å². The van der Waals surface area contributed by atoms with Crippen LogP contribution in [0.15, 0.2) is 28.2 Å². The third-order valence-electron chi connectivity index (χ3n) is 3.57. The zero-order chi connectivity index (χ0) is 19.1. The van der Waals surface area contributed by atoms with Gasteiger partial charge in [0.05, 0.1) is 22.8 Å². The van der Waals surface area contributed by atoms with Gasteiger partial charge in [0.15, 0.2) is 5.16 Å². The third kappa shape index (κ3) is 5.72. The van der Waals surface area contributed by atoms with Crippen LogP contribution in [-0.4, -0.2) is 40.5 Å². The van der Waals surface area contributed by atoms with Crippen molar-refractivity contribution in [3.63, 3.8) is 0 Å². The molecule has 0 atom stereocenters. The summed E-state index contributed by atoms with van der Waals surface area (Å²) in [6, 6.07) is 5.04. The molecular weight excluding hydrogens is 374 g/mol. The van der Waals surface area contributed by atoms with E-state index in [0.29, 0.717) is 47.2 Å². The highest BCUT2D eigenvalue weighted by atomic mass is 35.5. The number of ether oxygens (including phenoxy) is 1. The Hall–Kier alpha value is -1.57. The summed E-state index contributed by atoms with van der Waals surface area (Å²) in [4.78, 5) is 29.2. The van der Waals surface area contributed by atoms with Gasteiger partial charge in [0.25, 0.3) is 5.56 Å². The van der Waals surface area contributed by atoms with E-state index in [1.54, 1.807) is 22.8 Å². The molecule has 0 unspecified atom stereocenters. The lowest BCUT2D eigenvalue weighted by Gasteiger charge is -2.14. The number of nitrogens with one attached hydrogen (secondary N) is 1. The maximum atomic E-state index is 12.9. The minimum Gasteiger partial charge on any atom is -0.379 e. The predicted molar refractivity (Wildman–Crippen MR) is 106 cm³/mol. The van der Waals surface area contributed by atoms with Crippen LogP contribution < -0.4 is 10.9 Å².